The Kier molecular flexibility index (Phi) is 2.83. The van der Waals surface area contributed by atoms with Gasteiger partial charge in [-0.2, -0.15) is 5.10 Å². The maximum atomic E-state index is 12.1. The number of amides is 1. The lowest BCUT2D eigenvalue weighted by molar-refractivity contribution is 0.0826. The molecular weight excluding hydrogens is 216 g/mol. The summed E-state index contributed by atoms with van der Waals surface area (Å²) in [6, 6.07) is 1.80. The van der Waals surface area contributed by atoms with Crippen molar-refractivity contribution in [1.29, 1.82) is 0 Å². The van der Waals surface area contributed by atoms with Gasteiger partial charge in [0.25, 0.3) is 5.91 Å². The topological polar surface area (TPSA) is 50.5 Å². The van der Waals surface area contributed by atoms with Gasteiger partial charge in [0.15, 0.2) is 5.65 Å². The third kappa shape index (κ3) is 2.00. The Morgan fingerprint density at radius 3 is 2.71 bits per heavy atom. The first kappa shape index (κ1) is 11.6. The molecule has 0 aliphatic rings. The first-order valence-electron chi connectivity index (χ1n) is 5.55. The van der Waals surface area contributed by atoms with Crippen LogP contribution in [0.3, 0.4) is 0 Å². The van der Waals surface area contributed by atoms with Gasteiger partial charge in [0.1, 0.15) is 6.33 Å². The van der Waals surface area contributed by atoms with Crippen LogP contribution in [-0.2, 0) is 0 Å². The van der Waals surface area contributed by atoms with Gasteiger partial charge in [-0.1, -0.05) is 13.8 Å². The molecule has 2 aromatic rings. The fourth-order valence-corrected chi connectivity index (χ4v) is 1.76. The maximum Gasteiger partial charge on any atom is 0.253 e. The molecule has 0 aromatic carbocycles. The maximum absolute atomic E-state index is 12.1. The van der Waals surface area contributed by atoms with E-state index in [1.807, 2.05) is 6.20 Å². The number of carbonyl (C=O) groups is 1. The Morgan fingerprint density at radius 2 is 2.12 bits per heavy atom. The molecule has 0 aliphatic heterocycles. The van der Waals surface area contributed by atoms with E-state index in [-0.39, 0.29) is 11.8 Å². The van der Waals surface area contributed by atoms with E-state index in [4.69, 9.17) is 0 Å². The lowest BCUT2D eigenvalue weighted by Gasteiger charge is -2.16. The zero-order valence-electron chi connectivity index (χ0n) is 10.5. The van der Waals surface area contributed by atoms with Crippen LogP contribution in [0.15, 0.2) is 18.6 Å². The number of hydrogen-bond acceptors (Lipinski definition) is 3. The third-order valence-electron chi connectivity index (χ3n) is 2.71. The largest absolute Gasteiger partial charge is 0.345 e. The number of nitrogens with zero attached hydrogens (tertiary/aromatic N) is 4. The highest BCUT2D eigenvalue weighted by molar-refractivity contribution is 5.96. The van der Waals surface area contributed by atoms with E-state index in [0.717, 1.165) is 5.56 Å². The van der Waals surface area contributed by atoms with Crippen LogP contribution in [0.2, 0.25) is 0 Å². The Bertz CT molecular complexity index is 557. The van der Waals surface area contributed by atoms with Gasteiger partial charge < -0.3 is 4.90 Å². The zero-order valence-corrected chi connectivity index (χ0v) is 10.5. The first-order valence-corrected chi connectivity index (χ1v) is 5.55. The van der Waals surface area contributed by atoms with E-state index >= 15 is 0 Å². The fourth-order valence-electron chi connectivity index (χ4n) is 1.76. The molecular formula is C12H16N4O. The predicted octanol–water partition coefficient (Wildman–Crippen LogP) is 1.55. The summed E-state index contributed by atoms with van der Waals surface area (Å²) in [5.74, 6) is 0.265. The van der Waals surface area contributed by atoms with Gasteiger partial charge >= 0.3 is 0 Å². The van der Waals surface area contributed by atoms with E-state index in [1.54, 1.807) is 29.6 Å². The molecule has 0 unspecified atom stereocenters. The number of aromatic nitrogens is 3. The summed E-state index contributed by atoms with van der Waals surface area (Å²) in [4.78, 5) is 17.8. The van der Waals surface area contributed by atoms with Crippen molar-refractivity contribution in [2.75, 3.05) is 14.1 Å². The molecule has 0 bridgehead atoms. The Balaban J connectivity index is 2.65. The summed E-state index contributed by atoms with van der Waals surface area (Å²) in [6.07, 6.45) is 3.37. The van der Waals surface area contributed by atoms with E-state index < -0.39 is 0 Å². The van der Waals surface area contributed by atoms with E-state index in [2.05, 4.69) is 23.9 Å². The van der Waals surface area contributed by atoms with Crippen LogP contribution in [0.25, 0.3) is 5.65 Å². The molecule has 2 heterocycles. The molecule has 5 nitrogen and oxygen atoms in total. The average Bonchev–Trinajstić information content (AvgIpc) is 2.72. The second-order valence-electron chi connectivity index (χ2n) is 4.56. The van der Waals surface area contributed by atoms with Crippen molar-refractivity contribution in [1.82, 2.24) is 19.5 Å². The highest BCUT2D eigenvalue weighted by Crippen LogP contribution is 2.21. The van der Waals surface area contributed by atoms with Crippen molar-refractivity contribution in [2.24, 2.45) is 0 Å². The predicted molar refractivity (Wildman–Crippen MR) is 65.1 cm³/mol. The second kappa shape index (κ2) is 4.16. The second-order valence-corrected chi connectivity index (χ2v) is 4.56. The lowest BCUT2D eigenvalue weighted by Crippen LogP contribution is -2.23. The van der Waals surface area contributed by atoms with E-state index in [0.29, 0.717) is 11.2 Å². The molecule has 0 aliphatic carbocycles. The van der Waals surface area contributed by atoms with Crippen LogP contribution in [0, 0.1) is 0 Å². The van der Waals surface area contributed by atoms with Gasteiger partial charge in [0, 0.05) is 25.9 Å². The smallest absolute Gasteiger partial charge is 0.253 e. The fraction of sp³-hybridized carbons (Fsp3) is 0.417. The van der Waals surface area contributed by atoms with Crippen molar-refractivity contribution in [3.63, 3.8) is 0 Å². The molecule has 0 N–H and O–H groups in total. The number of rotatable bonds is 2. The van der Waals surface area contributed by atoms with Crippen molar-refractivity contribution in [3.05, 3.63) is 29.7 Å². The lowest BCUT2D eigenvalue weighted by atomic mass is 9.99. The molecule has 0 fully saturated rings. The molecule has 0 spiro atoms. The molecule has 90 valence electrons. The van der Waals surface area contributed by atoms with Crippen LogP contribution < -0.4 is 0 Å². The SMILES string of the molecule is CC(C)c1cn2ncnc2cc1C(=O)N(C)C. The van der Waals surface area contributed by atoms with Gasteiger partial charge in [-0.3, -0.25) is 4.79 Å². The highest BCUT2D eigenvalue weighted by Gasteiger charge is 2.17. The molecule has 2 aromatic heterocycles. The number of hydrogen-bond donors (Lipinski definition) is 0. The van der Waals surface area contributed by atoms with E-state index in [1.165, 1.54) is 6.33 Å². The highest BCUT2D eigenvalue weighted by atomic mass is 16.2. The summed E-state index contributed by atoms with van der Waals surface area (Å²) in [5, 5.41) is 4.09. The monoisotopic (exact) mass is 232 g/mol. The summed E-state index contributed by atoms with van der Waals surface area (Å²) in [5.41, 5.74) is 2.38. The molecule has 17 heavy (non-hydrogen) atoms. The van der Waals surface area contributed by atoms with E-state index in [9.17, 15) is 4.79 Å². The van der Waals surface area contributed by atoms with Gasteiger partial charge in [-0.05, 0) is 17.5 Å². The first-order chi connectivity index (χ1) is 8.00. The van der Waals surface area contributed by atoms with Gasteiger partial charge in [0.2, 0.25) is 0 Å². The van der Waals surface area contributed by atoms with Gasteiger partial charge in [-0.25, -0.2) is 9.50 Å². The molecule has 0 radical (unpaired) electrons. The Morgan fingerprint density at radius 1 is 1.41 bits per heavy atom. The van der Waals surface area contributed by atoms with Crippen molar-refractivity contribution >= 4 is 11.6 Å². The third-order valence-corrected chi connectivity index (χ3v) is 2.71. The zero-order chi connectivity index (χ0) is 12.6. The van der Waals surface area contributed by atoms with Crippen molar-refractivity contribution < 1.29 is 4.79 Å². The average molecular weight is 232 g/mol. The van der Waals surface area contributed by atoms with Gasteiger partial charge in [-0.15, -0.1) is 0 Å². The minimum absolute atomic E-state index is 0.000741. The standard InChI is InChI=1S/C12H16N4O/c1-8(2)10-6-16-11(13-7-14-16)5-9(10)12(17)15(3)4/h5-8H,1-4H3. The van der Waals surface area contributed by atoms with Crippen LogP contribution in [0.1, 0.15) is 35.7 Å². The van der Waals surface area contributed by atoms with Crippen LogP contribution in [-0.4, -0.2) is 39.5 Å². The Labute approximate surface area is 100 Å². The van der Waals surface area contributed by atoms with Crippen LogP contribution in [0.5, 0.6) is 0 Å². The summed E-state index contributed by atoms with van der Waals surface area (Å²) >= 11 is 0. The molecule has 5 heteroatoms. The summed E-state index contributed by atoms with van der Waals surface area (Å²) < 4.78 is 1.70. The normalized spacial score (nSPS) is 11.1. The van der Waals surface area contributed by atoms with Crippen LogP contribution >= 0.6 is 0 Å². The summed E-state index contributed by atoms with van der Waals surface area (Å²) in [7, 11) is 3.50. The molecule has 2 rings (SSSR count). The van der Waals surface area contributed by atoms with Gasteiger partial charge in [0.05, 0.1) is 0 Å². The van der Waals surface area contributed by atoms with Crippen molar-refractivity contribution in [2.45, 2.75) is 19.8 Å². The number of pyridine rings is 1. The minimum Gasteiger partial charge on any atom is -0.345 e. The molecule has 1 amide bonds. The Hall–Kier alpha value is -1.91. The van der Waals surface area contributed by atoms with Crippen molar-refractivity contribution in [3.8, 4) is 0 Å². The molecule has 0 saturated carbocycles. The minimum atomic E-state index is -0.000741. The number of fused-ring (bicyclic) bond motifs is 1. The van der Waals surface area contributed by atoms with Crippen LogP contribution in [0.4, 0.5) is 0 Å². The molecule has 0 atom stereocenters. The quantitative estimate of drug-likeness (QED) is 0.789. The number of carbonyl (C=O) groups excluding carboxylic acids is 1. The summed E-state index contributed by atoms with van der Waals surface area (Å²) in [6.45, 7) is 4.12. The molecule has 0 saturated heterocycles.